The van der Waals surface area contributed by atoms with E-state index < -0.39 is 10.0 Å². The number of sulfonamides is 1. The molecule has 2 unspecified atom stereocenters. The molecule has 0 saturated carbocycles. The van der Waals surface area contributed by atoms with E-state index in [1.807, 2.05) is 16.9 Å². The fourth-order valence-corrected chi connectivity index (χ4v) is 7.83. The van der Waals surface area contributed by atoms with Gasteiger partial charge in [0, 0.05) is 47.8 Å². The lowest BCUT2D eigenvalue weighted by Crippen LogP contribution is -2.49. The molecule has 156 valence electrons. The molecule has 2 aromatic heterocycles. The normalized spacial score (nSPS) is 21.4. The predicted molar refractivity (Wildman–Crippen MR) is 122 cm³/mol. The summed E-state index contributed by atoms with van der Waals surface area (Å²) in [6, 6.07) is 15.3. The van der Waals surface area contributed by atoms with Crippen LogP contribution in [-0.2, 0) is 16.6 Å². The number of thiophene rings is 1. The van der Waals surface area contributed by atoms with Crippen molar-refractivity contribution in [3.8, 4) is 11.1 Å². The van der Waals surface area contributed by atoms with Crippen LogP contribution in [0.1, 0.15) is 18.0 Å². The van der Waals surface area contributed by atoms with Crippen molar-refractivity contribution < 1.29 is 8.42 Å². The molecule has 0 radical (unpaired) electrons. The number of hydrogen-bond donors (Lipinski definition) is 0. The summed E-state index contributed by atoms with van der Waals surface area (Å²) >= 11 is 2.95. The van der Waals surface area contributed by atoms with Crippen molar-refractivity contribution in [1.82, 2.24) is 8.87 Å². The first-order valence-electron chi connectivity index (χ1n) is 9.89. The van der Waals surface area contributed by atoms with Gasteiger partial charge in [0.2, 0.25) is 0 Å². The minimum Gasteiger partial charge on any atom is -0.311 e. The zero-order valence-electron chi connectivity index (χ0n) is 16.5. The van der Waals surface area contributed by atoms with Crippen LogP contribution in [0.15, 0.2) is 67.8 Å². The molecule has 1 saturated heterocycles. The molecule has 0 amide bonds. The molecule has 30 heavy (non-hydrogen) atoms. The third-order valence-electron chi connectivity index (χ3n) is 6.05. The highest BCUT2D eigenvalue weighted by molar-refractivity contribution is 7.98. The van der Waals surface area contributed by atoms with E-state index in [1.54, 1.807) is 39.6 Å². The first-order chi connectivity index (χ1) is 14.5. The van der Waals surface area contributed by atoms with Crippen LogP contribution in [0.2, 0.25) is 0 Å². The fourth-order valence-electron chi connectivity index (χ4n) is 4.72. The number of nitrogens with zero attached hydrogens (tertiary/aromatic N) is 2. The van der Waals surface area contributed by atoms with Gasteiger partial charge in [-0.3, -0.25) is 4.79 Å². The van der Waals surface area contributed by atoms with E-state index in [0.717, 1.165) is 23.2 Å². The summed E-state index contributed by atoms with van der Waals surface area (Å²) in [7, 11) is -3.50. The number of hydrogen-bond acceptors (Lipinski definition) is 5. The lowest BCUT2D eigenvalue weighted by atomic mass is 9.81. The van der Waals surface area contributed by atoms with Crippen molar-refractivity contribution >= 4 is 33.1 Å². The van der Waals surface area contributed by atoms with Gasteiger partial charge in [0.1, 0.15) is 4.21 Å². The minimum atomic E-state index is -3.50. The van der Waals surface area contributed by atoms with Crippen molar-refractivity contribution in [2.75, 3.05) is 19.3 Å². The molecule has 0 N–H and O–H groups in total. The Hall–Kier alpha value is -1.87. The molecule has 2 aliphatic heterocycles. The van der Waals surface area contributed by atoms with Crippen LogP contribution >= 0.6 is 23.1 Å². The van der Waals surface area contributed by atoms with Crippen LogP contribution < -0.4 is 5.56 Å². The molecular weight excluding hydrogens is 436 g/mol. The van der Waals surface area contributed by atoms with Crippen molar-refractivity contribution in [2.24, 2.45) is 5.92 Å². The zero-order valence-corrected chi connectivity index (χ0v) is 19.0. The zero-order chi connectivity index (χ0) is 20.9. The average molecular weight is 459 g/mol. The van der Waals surface area contributed by atoms with Crippen molar-refractivity contribution in [3.05, 3.63) is 70.0 Å². The highest BCUT2D eigenvalue weighted by Crippen LogP contribution is 2.41. The Morgan fingerprint density at radius 1 is 1.03 bits per heavy atom. The van der Waals surface area contributed by atoms with Crippen molar-refractivity contribution in [2.45, 2.75) is 28.0 Å². The van der Waals surface area contributed by atoms with Gasteiger partial charge in [0.05, 0.1) is 0 Å². The number of benzene rings is 1. The Morgan fingerprint density at radius 2 is 1.83 bits per heavy atom. The van der Waals surface area contributed by atoms with Crippen molar-refractivity contribution in [1.29, 1.82) is 0 Å². The molecule has 2 atom stereocenters. The van der Waals surface area contributed by atoms with Gasteiger partial charge in [0.15, 0.2) is 0 Å². The molecular formula is C22H22N2O3S3. The molecule has 1 aromatic carbocycles. The van der Waals surface area contributed by atoms with Gasteiger partial charge >= 0.3 is 0 Å². The topological polar surface area (TPSA) is 59.4 Å². The van der Waals surface area contributed by atoms with Gasteiger partial charge in [-0.05, 0) is 53.8 Å². The highest BCUT2D eigenvalue weighted by Gasteiger charge is 2.40. The maximum absolute atomic E-state index is 13.1. The second-order valence-corrected chi connectivity index (χ2v) is 11.9. The molecule has 2 bridgehead atoms. The van der Waals surface area contributed by atoms with E-state index >= 15 is 0 Å². The van der Waals surface area contributed by atoms with E-state index in [9.17, 15) is 13.2 Å². The SMILES string of the molecule is CSc1ccc(-c2ccc(=O)n3c2C2CC(CN(S(=O)(=O)c4cccs4)C2)C3)cc1. The van der Waals surface area contributed by atoms with Gasteiger partial charge in [-0.15, -0.1) is 23.1 Å². The van der Waals surface area contributed by atoms with E-state index in [0.29, 0.717) is 23.8 Å². The largest absolute Gasteiger partial charge is 0.311 e. The quantitative estimate of drug-likeness (QED) is 0.552. The second kappa shape index (κ2) is 7.67. The lowest BCUT2D eigenvalue weighted by Gasteiger charge is -2.42. The Bertz CT molecular complexity index is 1230. The molecule has 0 spiro atoms. The monoisotopic (exact) mass is 458 g/mol. The Morgan fingerprint density at radius 3 is 2.53 bits per heavy atom. The molecule has 1 fully saturated rings. The van der Waals surface area contributed by atoms with Crippen LogP contribution in [0, 0.1) is 5.92 Å². The van der Waals surface area contributed by atoms with Gasteiger partial charge in [-0.2, -0.15) is 4.31 Å². The number of piperidine rings is 1. The van der Waals surface area contributed by atoms with Crippen LogP contribution in [0.3, 0.4) is 0 Å². The first kappa shape index (κ1) is 20.1. The van der Waals surface area contributed by atoms with Gasteiger partial charge < -0.3 is 4.57 Å². The standard InChI is InChI=1S/C22H22N2O3S3/c1-28-18-6-4-16(5-7-18)19-8-9-20(25)24-13-15-11-17(22(19)24)14-23(12-15)30(26,27)21-3-2-10-29-21/h2-10,15,17H,11-14H2,1H3. The molecule has 4 heterocycles. The number of thioether (sulfide) groups is 1. The van der Waals surface area contributed by atoms with Gasteiger partial charge in [-0.1, -0.05) is 18.2 Å². The summed E-state index contributed by atoms with van der Waals surface area (Å²) in [4.78, 5) is 13.9. The van der Waals surface area contributed by atoms with Gasteiger partial charge in [-0.25, -0.2) is 8.42 Å². The summed E-state index contributed by atoms with van der Waals surface area (Å²) < 4.78 is 30.2. The molecule has 3 aromatic rings. The maximum Gasteiger partial charge on any atom is 0.252 e. The fraction of sp³-hybridized carbons (Fsp3) is 0.318. The van der Waals surface area contributed by atoms with Crippen LogP contribution in [-0.4, -0.2) is 36.6 Å². The highest BCUT2D eigenvalue weighted by atomic mass is 32.2. The third-order valence-corrected chi connectivity index (χ3v) is 10.00. The Kier molecular flexibility index (Phi) is 5.13. The summed E-state index contributed by atoms with van der Waals surface area (Å²) in [6.07, 6.45) is 2.96. The molecule has 5 rings (SSSR count). The number of fused-ring (bicyclic) bond motifs is 4. The molecule has 8 heteroatoms. The van der Waals surface area contributed by atoms with Crippen molar-refractivity contribution in [3.63, 3.8) is 0 Å². The number of rotatable bonds is 4. The van der Waals surface area contributed by atoms with E-state index in [2.05, 4.69) is 24.3 Å². The number of aromatic nitrogens is 1. The van der Waals surface area contributed by atoms with Crippen LogP contribution in [0.5, 0.6) is 0 Å². The molecule has 2 aliphatic rings. The third kappa shape index (κ3) is 3.36. The minimum absolute atomic E-state index is 0.00116. The van der Waals surface area contributed by atoms with Gasteiger partial charge in [0.25, 0.3) is 15.6 Å². The van der Waals surface area contributed by atoms with E-state index in [-0.39, 0.29) is 17.4 Å². The Balaban J connectivity index is 1.57. The molecule has 5 nitrogen and oxygen atoms in total. The summed E-state index contributed by atoms with van der Waals surface area (Å²) in [6.45, 7) is 1.45. The summed E-state index contributed by atoms with van der Waals surface area (Å²) in [5.74, 6) is 0.161. The Labute approximate surface area is 184 Å². The first-order valence-corrected chi connectivity index (χ1v) is 13.4. The predicted octanol–water partition coefficient (Wildman–Crippen LogP) is 4.11. The maximum atomic E-state index is 13.1. The summed E-state index contributed by atoms with van der Waals surface area (Å²) in [5.41, 5.74) is 3.06. The van der Waals surface area contributed by atoms with E-state index in [4.69, 9.17) is 0 Å². The van der Waals surface area contributed by atoms with Crippen LogP contribution in [0.25, 0.3) is 11.1 Å². The van der Waals surface area contributed by atoms with Crippen LogP contribution in [0.4, 0.5) is 0 Å². The second-order valence-electron chi connectivity index (χ2n) is 7.86. The number of pyridine rings is 1. The molecule has 0 aliphatic carbocycles. The average Bonchev–Trinajstić information content (AvgIpc) is 3.30. The summed E-state index contributed by atoms with van der Waals surface area (Å²) in [5, 5.41) is 1.79. The van der Waals surface area contributed by atoms with E-state index in [1.165, 1.54) is 16.2 Å². The smallest absolute Gasteiger partial charge is 0.252 e. The lowest BCUT2D eigenvalue weighted by molar-refractivity contribution is 0.187.